The van der Waals surface area contributed by atoms with Gasteiger partial charge in [-0.3, -0.25) is 4.79 Å². The van der Waals surface area contributed by atoms with Gasteiger partial charge in [0.15, 0.2) is 17.3 Å². The number of nitrogens with one attached hydrogen (secondary N) is 1. The maximum absolute atomic E-state index is 13.0. The van der Waals surface area contributed by atoms with E-state index in [9.17, 15) is 9.18 Å². The highest BCUT2D eigenvalue weighted by Crippen LogP contribution is 2.31. The average Bonchev–Trinajstić information content (AvgIpc) is 3.23. The zero-order chi connectivity index (χ0) is 23.4. The van der Waals surface area contributed by atoms with Crippen molar-refractivity contribution in [1.29, 1.82) is 0 Å². The van der Waals surface area contributed by atoms with E-state index in [0.29, 0.717) is 22.6 Å². The Kier molecular flexibility index (Phi) is 7.10. The lowest BCUT2D eigenvalue weighted by Gasteiger charge is -2.11. The number of carbonyl (C=O) groups is 1. The van der Waals surface area contributed by atoms with Gasteiger partial charge in [-0.05, 0) is 75.6 Å². The molecule has 0 radical (unpaired) electrons. The third kappa shape index (κ3) is 5.61. The first-order valence-electron chi connectivity index (χ1n) is 9.70. The number of nitrogens with zero attached hydrogens (tertiary/aromatic N) is 1. The molecule has 1 heterocycles. The number of amides is 1. The minimum Gasteiger partial charge on any atom is -0.493 e. The molecule has 6 nitrogen and oxygen atoms in total. The molecule has 0 saturated carbocycles. The Hall–Kier alpha value is -3.17. The summed E-state index contributed by atoms with van der Waals surface area (Å²) in [6, 6.07) is 16.7. The number of methoxy groups -OCH3 is 1. The van der Waals surface area contributed by atoms with Crippen molar-refractivity contribution in [2.45, 2.75) is 6.61 Å². The molecule has 1 amide bonds. The molecular weight excluding hydrogens is 559 g/mol. The van der Waals surface area contributed by atoms with Crippen LogP contribution in [-0.2, 0) is 6.61 Å². The second-order valence-corrected chi connectivity index (χ2v) is 8.71. The van der Waals surface area contributed by atoms with Crippen molar-refractivity contribution in [2.75, 3.05) is 7.11 Å². The van der Waals surface area contributed by atoms with E-state index in [-0.39, 0.29) is 18.2 Å². The van der Waals surface area contributed by atoms with E-state index in [2.05, 4.69) is 42.4 Å². The topological polar surface area (TPSA) is 73.1 Å². The van der Waals surface area contributed by atoms with Crippen LogP contribution >= 0.6 is 31.9 Å². The first-order chi connectivity index (χ1) is 15.9. The van der Waals surface area contributed by atoms with Crippen LogP contribution in [0.15, 0.2) is 79.1 Å². The molecule has 0 fully saturated rings. The maximum atomic E-state index is 13.0. The Balaban J connectivity index is 1.41. The van der Waals surface area contributed by atoms with Crippen LogP contribution in [0.2, 0.25) is 0 Å². The van der Waals surface area contributed by atoms with Crippen molar-refractivity contribution in [1.82, 2.24) is 5.43 Å². The Labute approximate surface area is 205 Å². The lowest BCUT2D eigenvalue weighted by Crippen LogP contribution is -2.16. The Morgan fingerprint density at radius 3 is 2.64 bits per heavy atom. The van der Waals surface area contributed by atoms with E-state index in [1.807, 2.05) is 12.1 Å². The zero-order valence-corrected chi connectivity index (χ0v) is 20.4. The van der Waals surface area contributed by atoms with Crippen molar-refractivity contribution in [2.24, 2.45) is 5.10 Å². The van der Waals surface area contributed by atoms with E-state index in [1.54, 1.807) is 36.4 Å². The third-order valence-electron chi connectivity index (χ3n) is 4.63. The molecule has 9 heteroatoms. The molecule has 0 bridgehead atoms. The van der Waals surface area contributed by atoms with Crippen LogP contribution in [0.25, 0.3) is 11.0 Å². The van der Waals surface area contributed by atoms with Crippen LogP contribution in [-0.4, -0.2) is 19.2 Å². The molecule has 168 valence electrons. The number of rotatable bonds is 7. The number of hydrazone groups is 1. The van der Waals surface area contributed by atoms with Gasteiger partial charge in [-0.25, -0.2) is 9.82 Å². The van der Waals surface area contributed by atoms with E-state index >= 15 is 0 Å². The average molecular weight is 576 g/mol. The molecular formula is C24H17Br2FN2O4. The number of furan rings is 1. The number of fused-ring (bicyclic) bond motifs is 1. The number of halogens is 3. The Bertz CT molecular complexity index is 1340. The van der Waals surface area contributed by atoms with Gasteiger partial charge < -0.3 is 13.9 Å². The molecule has 4 aromatic rings. The Morgan fingerprint density at radius 1 is 1.09 bits per heavy atom. The van der Waals surface area contributed by atoms with Gasteiger partial charge >= 0.3 is 5.91 Å². The van der Waals surface area contributed by atoms with Gasteiger partial charge in [0.2, 0.25) is 0 Å². The first kappa shape index (κ1) is 23.0. The second-order valence-electron chi connectivity index (χ2n) is 6.94. The van der Waals surface area contributed by atoms with Gasteiger partial charge in [-0.1, -0.05) is 28.1 Å². The van der Waals surface area contributed by atoms with Crippen LogP contribution in [0, 0.1) is 5.82 Å². The van der Waals surface area contributed by atoms with E-state index in [0.717, 1.165) is 19.9 Å². The van der Waals surface area contributed by atoms with Crippen molar-refractivity contribution < 1.29 is 23.1 Å². The summed E-state index contributed by atoms with van der Waals surface area (Å²) in [5, 5.41) is 4.78. The number of hydrogen-bond acceptors (Lipinski definition) is 5. The first-order valence-corrected chi connectivity index (χ1v) is 11.3. The molecule has 0 spiro atoms. The lowest BCUT2D eigenvalue weighted by molar-refractivity contribution is 0.0929. The third-order valence-corrected chi connectivity index (χ3v) is 5.68. The number of carbonyl (C=O) groups excluding carboxylic acids is 1. The highest BCUT2D eigenvalue weighted by molar-refractivity contribution is 9.11. The van der Waals surface area contributed by atoms with Crippen molar-refractivity contribution >= 4 is 55.0 Å². The Morgan fingerprint density at radius 2 is 1.88 bits per heavy atom. The molecule has 0 atom stereocenters. The van der Waals surface area contributed by atoms with Gasteiger partial charge in [-0.2, -0.15) is 5.10 Å². The normalized spacial score (nSPS) is 11.2. The fourth-order valence-electron chi connectivity index (χ4n) is 3.03. The smallest absolute Gasteiger partial charge is 0.307 e. The summed E-state index contributed by atoms with van der Waals surface area (Å²) in [5.41, 5.74) is 4.55. The monoisotopic (exact) mass is 574 g/mol. The van der Waals surface area contributed by atoms with Crippen LogP contribution in [0.3, 0.4) is 0 Å². The quantitative estimate of drug-likeness (QED) is 0.203. The summed E-state index contributed by atoms with van der Waals surface area (Å²) < 4.78 is 31.4. The minimum atomic E-state index is -0.475. The van der Waals surface area contributed by atoms with Crippen molar-refractivity contribution in [3.8, 4) is 11.5 Å². The number of benzene rings is 3. The molecule has 3 aromatic carbocycles. The summed E-state index contributed by atoms with van der Waals surface area (Å²) >= 11 is 6.83. The zero-order valence-electron chi connectivity index (χ0n) is 17.3. The summed E-state index contributed by atoms with van der Waals surface area (Å²) in [6.45, 7) is 0.268. The molecule has 1 N–H and O–H groups in total. The SMILES string of the molecule is COc1cc(/C=N\NC(=O)c2cc3cc(Br)cc(Br)c3o2)ccc1OCc1ccc(F)cc1. The molecule has 0 aliphatic rings. The van der Waals surface area contributed by atoms with Gasteiger partial charge in [-0.15, -0.1) is 0 Å². The fourth-order valence-corrected chi connectivity index (χ4v) is 4.37. The fraction of sp³-hybridized carbons (Fsp3) is 0.0833. The predicted octanol–water partition coefficient (Wildman–Crippen LogP) is 6.45. The highest BCUT2D eigenvalue weighted by Gasteiger charge is 2.14. The van der Waals surface area contributed by atoms with Gasteiger partial charge in [0.05, 0.1) is 17.8 Å². The molecule has 0 unspecified atom stereocenters. The van der Waals surface area contributed by atoms with Crippen LogP contribution < -0.4 is 14.9 Å². The van der Waals surface area contributed by atoms with Crippen LogP contribution in [0.5, 0.6) is 11.5 Å². The van der Waals surface area contributed by atoms with Gasteiger partial charge in [0.1, 0.15) is 18.0 Å². The number of hydrogen-bond donors (Lipinski definition) is 1. The number of ether oxygens (including phenoxy) is 2. The predicted molar refractivity (Wildman–Crippen MR) is 130 cm³/mol. The van der Waals surface area contributed by atoms with E-state index < -0.39 is 5.91 Å². The molecule has 4 rings (SSSR count). The van der Waals surface area contributed by atoms with E-state index in [4.69, 9.17) is 13.9 Å². The van der Waals surface area contributed by atoms with Crippen LogP contribution in [0.1, 0.15) is 21.7 Å². The van der Waals surface area contributed by atoms with Crippen LogP contribution in [0.4, 0.5) is 4.39 Å². The second kappa shape index (κ2) is 10.2. The van der Waals surface area contributed by atoms with Gasteiger partial charge in [0, 0.05) is 9.86 Å². The molecule has 1 aromatic heterocycles. The largest absolute Gasteiger partial charge is 0.493 e. The minimum absolute atomic E-state index is 0.142. The van der Waals surface area contributed by atoms with Crippen molar-refractivity contribution in [3.05, 3.63) is 92.3 Å². The summed E-state index contributed by atoms with van der Waals surface area (Å²) in [7, 11) is 1.53. The highest BCUT2D eigenvalue weighted by atomic mass is 79.9. The summed E-state index contributed by atoms with van der Waals surface area (Å²) in [6.07, 6.45) is 1.49. The standard InChI is InChI=1S/C24H17Br2FN2O4/c1-31-21-8-15(4-7-20(21)32-13-14-2-5-18(27)6-3-14)12-28-29-24(30)22-10-16-9-17(25)11-19(26)23(16)33-22/h2-12H,13H2,1H3,(H,29,30)/b28-12-. The van der Waals surface area contributed by atoms with Crippen molar-refractivity contribution in [3.63, 3.8) is 0 Å². The summed E-state index contributed by atoms with van der Waals surface area (Å²) in [4.78, 5) is 12.4. The molecule has 33 heavy (non-hydrogen) atoms. The van der Waals surface area contributed by atoms with E-state index in [1.165, 1.54) is 25.5 Å². The lowest BCUT2D eigenvalue weighted by atomic mass is 10.2. The molecule has 0 saturated heterocycles. The maximum Gasteiger partial charge on any atom is 0.307 e. The molecule has 0 aliphatic carbocycles. The van der Waals surface area contributed by atoms with Gasteiger partial charge in [0.25, 0.3) is 0 Å². The molecule has 0 aliphatic heterocycles. The summed E-state index contributed by atoms with van der Waals surface area (Å²) in [5.74, 6) is 0.398.